The van der Waals surface area contributed by atoms with Crippen molar-refractivity contribution in [2.24, 2.45) is 0 Å². The molecule has 0 saturated heterocycles. The van der Waals surface area contributed by atoms with Gasteiger partial charge in [-0.25, -0.2) is 4.39 Å². The van der Waals surface area contributed by atoms with Crippen LogP contribution < -0.4 is 11.1 Å². The van der Waals surface area contributed by atoms with Crippen LogP contribution >= 0.6 is 22.9 Å². The van der Waals surface area contributed by atoms with E-state index in [1.165, 1.54) is 17.4 Å². The van der Waals surface area contributed by atoms with Crippen molar-refractivity contribution in [2.75, 3.05) is 5.73 Å². The highest BCUT2D eigenvalue weighted by atomic mass is 35.5. The number of anilines is 1. The van der Waals surface area contributed by atoms with Crippen LogP contribution in [0.5, 0.6) is 0 Å². The van der Waals surface area contributed by atoms with Gasteiger partial charge in [0, 0.05) is 16.1 Å². The lowest BCUT2D eigenvalue weighted by Crippen LogP contribution is -2.22. The molecule has 18 heavy (non-hydrogen) atoms. The topological polar surface area (TPSA) is 55.1 Å². The van der Waals surface area contributed by atoms with Gasteiger partial charge in [-0.15, -0.1) is 11.3 Å². The highest BCUT2D eigenvalue weighted by Gasteiger charge is 2.08. The van der Waals surface area contributed by atoms with Gasteiger partial charge in [0.25, 0.3) is 5.91 Å². The Morgan fingerprint density at radius 1 is 1.39 bits per heavy atom. The van der Waals surface area contributed by atoms with Gasteiger partial charge >= 0.3 is 0 Å². The van der Waals surface area contributed by atoms with Crippen LogP contribution in [0.2, 0.25) is 4.34 Å². The normalized spacial score (nSPS) is 10.3. The van der Waals surface area contributed by atoms with Crippen molar-refractivity contribution in [2.45, 2.75) is 6.54 Å². The molecule has 2 aromatic rings. The molecule has 1 amide bonds. The molecule has 3 N–H and O–H groups in total. The highest BCUT2D eigenvalue weighted by Crippen LogP contribution is 2.21. The fourth-order valence-electron chi connectivity index (χ4n) is 1.46. The number of nitrogen functional groups attached to an aromatic ring is 1. The van der Waals surface area contributed by atoms with Crippen molar-refractivity contribution in [3.8, 4) is 0 Å². The summed E-state index contributed by atoms with van der Waals surface area (Å²) in [6.07, 6.45) is 0. The molecule has 1 heterocycles. The van der Waals surface area contributed by atoms with Gasteiger partial charge in [-0.05, 0) is 30.3 Å². The third-order valence-electron chi connectivity index (χ3n) is 2.23. The summed E-state index contributed by atoms with van der Waals surface area (Å²) in [5.74, 6) is -0.898. The molecule has 0 saturated carbocycles. The van der Waals surface area contributed by atoms with E-state index >= 15 is 0 Å². The zero-order chi connectivity index (χ0) is 13.1. The average molecular weight is 285 g/mol. The van der Waals surface area contributed by atoms with Crippen LogP contribution in [0.15, 0.2) is 30.3 Å². The fraction of sp³-hybridized carbons (Fsp3) is 0.0833. The Bertz CT molecular complexity index is 565. The molecule has 2 rings (SSSR count). The largest absolute Gasteiger partial charge is 0.399 e. The van der Waals surface area contributed by atoms with Gasteiger partial charge < -0.3 is 11.1 Å². The van der Waals surface area contributed by atoms with Crippen LogP contribution in [0.25, 0.3) is 0 Å². The number of hydrogen-bond acceptors (Lipinski definition) is 3. The first-order chi connectivity index (χ1) is 8.54. The number of amides is 1. The molecule has 0 aliphatic heterocycles. The molecular formula is C12H10ClFN2OS. The Kier molecular flexibility index (Phi) is 3.84. The SMILES string of the molecule is Nc1cc(F)cc(C(=O)NCc2ccc(Cl)s2)c1. The lowest BCUT2D eigenvalue weighted by Gasteiger charge is -2.04. The minimum Gasteiger partial charge on any atom is -0.399 e. The monoisotopic (exact) mass is 284 g/mol. The second-order valence-corrected chi connectivity index (χ2v) is 5.46. The van der Waals surface area contributed by atoms with Crippen LogP contribution in [0, 0.1) is 5.82 Å². The Morgan fingerprint density at radius 2 is 2.17 bits per heavy atom. The summed E-state index contributed by atoms with van der Waals surface area (Å²) in [5, 5.41) is 2.67. The standard InChI is InChI=1S/C12H10ClFN2OS/c13-11-2-1-10(18-11)6-16-12(17)7-3-8(14)5-9(15)4-7/h1-5H,6,15H2,(H,16,17). The molecule has 6 heteroatoms. The van der Waals surface area contributed by atoms with Crippen molar-refractivity contribution in [3.05, 3.63) is 50.9 Å². The molecule has 0 radical (unpaired) electrons. The average Bonchev–Trinajstić information content (AvgIpc) is 2.70. The minimum atomic E-state index is -0.528. The predicted molar refractivity (Wildman–Crippen MR) is 71.3 cm³/mol. The van der Waals surface area contributed by atoms with E-state index in [1.54, 1.807) is 6.07 Å². The molecule has 0 aliphatic carbocycles. The third kappa shape index (κ3) is 3.21. The van der Waals surface area contributed by atoms with E-state index in [4.69, 9.17) is 17.3 Å². The third-order valence-corrected chi connectivity index (χ3v) is 3.47. The Labute approximate surface area is 112 Å². The minimum absolute atomic E-state index is 0.204. The molecule has 0 unspecified atom stereocenters. The van der Waals surface area contributed by atoms with E-state index in [9.17, 15) is 9.18 Å². The van der Waals surface area contributed by atoms with E-state index < -0.39 is 5.82 Å². The van der Waals surface area contributed by atoms with Gasteiger partial charge in [0.2, 0.25) is 0 Å². The second kappa shape index (κ2) is 5.37. The molecule has 1 aromatic heterocycles. The van der Waals surface area contributed by atoms with Crippen molar-refractivity contribution in [1.82, 2.24) is 5.32 Å². The van der Waals surface area contributed by atoms with Gasteiger partial charge in [-0.2, -0.15) is 0 Å². The maximum atomic E-state index is 13.1. The number of rotatable bonds is 3. The molecular weight excluding hydrogens is 275 g/mol. The van der Waals surface area contributed by atoms with E-state index in [2.05, 4.69) is 5.32 Å². The zero-order valence-electron chi connectivity index (χ0n) is 9.24. The molecule has 0 spiro atoms. The lowest BCUT2D eigenvalue weighted by atomic mass is 10.2. The molecule has 0 bridgehead atoms. The van der Waals surface area contributed by atoms with Crippen LogP contribution in [0.4, 0.5) is 10.1 Å². The van der Waals surface area contributed by atoms with E-state index in [-0.39, 0.29) is 17.2 Å². The summed E-state index contributed by atoms with van der Waals surface area (Å²) in [6, 6.07) is 7.32. The summed E-state index contributed by atoms with van der Waals surface area (Å²) in [6.45, 7) is 0.354. The van der Waals surface area contributed by atoms with Crippen LogP contribution in [-0.4, -0.2) is 5.91 Å². The quantitative estimate of drug-likeness (QED) is 0.851. The lowest BCUT2D eigenvalue weighted by molar-refractivity contribution is 0.0951. The first-order valence-corrected chi connectivity index (χ1v) is 6.32. The summed E-state index contributed by atoms with van der Waals surface area (Å²) in [7, 11) is 0. The summed E-state index contributed by atoms with van der Waals surface area (Å²) in [4.78, 5) is 12.7. The zero-order valence-corrected chi connectivity index (χ0v) is 10.8. The van der Waals surface area contributed by atoms with Crippen molar-refractivity contribution < 1.29 is 9.18 Å². The van der Waals surface area contributed by atoms with Gasteiger partial charge in [-0.3, -0.25) is 4.79 Å². The van der Waals surface area contributed by atoms with E-state index in [0.717, 1.165) is 17.0 Å². The van der Waals surface area contributed by atoms with E-state index in [1.807, 2.05) is 6.07 Å². The van der Waals surface area contributed by atoms with Gasteiger partial charge in [-0.1, -0.05) is 11.6 Å². The maximum Gasteiger partial charge on any atom is 0.251 e. The number of carbonyl (C=O) groups excluding carboxylic acids is 1. The molecule has 0 atom stereocenters. The Hall–Kier alpha value is -1.59. The van der Waals surface area contributed by atoms with Crippen LogP contribution in [-0.2, 0) is 6.54 Å². The van der Waals surface area contributed by atoms with Crippen molar-refractivity contribution >= 4 is 34.5 Å². The number of nitrogens with two attached hydrogens (primary N) is 1. The number of benzene rings is 1. The number of thiophene rings is 1. The highest BCUT2D eigenvalue weighted by molar-refractivity contribution is 7.16. The van der Waals surface area contributed by atoms with Crippen LogP contribution in [0.3, 0.4) is 0 Å². The smallest absolute Gasteiger partial charge is 0.251 e. The molecule has 94 valence electrons. The van der Waals surface area contributed by atoms with Crippen molar-refractivity contribution in [3.63, 3.8) is 0 Å². The summed E-state index contributed by atoms with van der Waals surface area (Å²) in [5.41, 5.74) is 5.90. The maximum absolute atomic E-state index is 13.1. The predicted octanol–water partition coefficient (Wildman–Crippen LogP) is 3.05. The molecule has 0 aliphatic rings. The van der Waals surface area contributed by atoms with Crippen molar-refractivity contribution in [1.29, 1.82) is 0 Å². The number of nitrogens with one attached hydrogen (secondary N) is 1. The summed E-state index contributed by atoms with van der Waals surface area (Å²) < 4.78 is 13.7. The van der Waals surface area contributed by atoms with E-state index in [0.29, 0.717) is 10.9 Å². The number of halogens is 2. The molecule has 0 fully saturated rings. The first-order valence-electron chi connectivity index (χ1n) is 5.13. The fourth-order valence-corrected chi connectivity index (χ4v) is 2.49. The number of hydrogen-bond donors (Lipinski definition) is 2. The van der Waals surface area contributed by atoms with Gasteiger partial charge in [0.05, 0.1) is 10.9 Å². The Balaban J connectivity index is 2.03. The summed E-state index contributed by atoms with van der Waals surface area (Å²) >= 11 is 7.16. The molecule has 3 nitrogen and oxygen atoms in total. The van der Waals surface area contributed by atoms with Crippen LogP contribution in [0.1, 0.15) is 15.2 Å². The van der Waals surface area contributed by atoms with Gasteiger partial charge in [0.1, 0.15) is 5.82 Å². The number of carbonyl (C=O) groups is 1. The molecule has 1 aromatic carbocycles. The Morgan fingerprint density at radius 3 is 2.78 bits per heavy atom. The second-order valence-electron chi connectivity index (χ2n) is 3.66. The van der Waals surface area contributed by atoms with Gasteiger partial charge in [0.15, 0.2) is 0 Å². The first kappa shape index (κ1) is 12.9.